The SMILES string of the molecule is CCOC(=O)C1CCC(O[Si](C)(C)C(C)(C)C)C(F)C1. The normalized spacial score (nSPS) is 28.2. The minimum atomic E-state index is -1.95. The lowest BCUT2D eigenvalue weighted by Gasteiger charge is -2.42. The highest BCUT2D eigenvalue weighted by Gasteiger charge is 2.43. The van der Waals surface area contributed by atoms with Crippen molar-refractivity contribution in [2.75, 3.05) is 6.61 Å². The number of hydrogen-bond acceptors (Lipinski definition) is 3. The van der Waals surface area contributed by atoms with Crippen LogP contribution in [0, 0.1) is 5.92 Å². The van der Waals surface area contributed by atoms with Crippen LogP contribution in [0.25, 0.3) is 0 Å². The van der Waals surface area contributed by atoms with E-state index in [9.17, 15) is 9.18 Å². The molecule has 0 aromatic rings. The van der Waals surface area contributed by atoms with Gasteiger partial charge < -0.3 is 9.16 Å². The lowest BCUT2D eigenvalue weighted by molar-refractivity contribution is -0.151. The van der Waals surface area contributed by atoms with Crippen LogP contribution in [0.3, 0.4) is 0 Å². The molecule has 0 N–H and O–H groups in total. The summed E-state index contributed by atoms with van der Waals surface area (Å²) in [5, 5.41) is 0.0741. The van der Waals surface area contributed by atoms with Crippen LogP contribution in [-0.2, 0) is 14.0 Å². The van der Waals surface area contributed by atoms with Gasteiger partial charge in [-0.1, -0.05) is 20.8 Å². The van der Waals surface area contributed by atoms with E-state index in [0.717, 1.165) is 0 Å². The van der Waals surface area contributed by atoms with Gasteiger partial charge in [0.25, 0.3) is 0 Å². The zero-order valence-corrected chi connectivity index (χ0v) is 14.7. The van der Waals surface area contributed by atoms with Crippen LogP contribution in [-0.4, -0.2) is 33.2 Å². The number of esters is 1. The molecule has 0 aromatic carbocycles. The lowest BCUT2D eigenvalue weighted by atomic mass is 9.86. The molecule has 0 radical (unpaired) electrons. The van der Waals surface area contributed by atoms with Crippen LogP contribution < -0.4 is 0 Å². The molecule has 0 aliphatic heterocycles. The van der Waals surface area contributed by atoms with Gasteiger partial charge in [0.2, 0.25) is 0 Å². The molecule has 20 heavy (non-hydrogen) atoms. The second-order valence-electron chi connectivity index (χ2n) is 7.19. The number of alkyl halides is 1. The van der Waals surface area contributed by atoms with Gasteiger partial charge in [0, 0.05) is 0 Å². The van der Waals surface area contributed by atoms with Gasteiger partial charge in [-0.25, -0.2) is 4.39 Å². The van der Waals surface area contributed by atoms with Crippen molar-refractivity contribution in [1.82, 2.24) is 0 Å². The molecule has 0 spiro atoms. The molecule has 3 nitrogen and oxygen atoms in total. The van der Waals surface area contributed by atoms with Crippen molar-refractivity contribution in [2.45, 2.75) is 77.4 Å². The fraction of sp³-hybridized carbons (Fsp3) is 0.933. The zero-order chi connectivity index (χ0) is 15.6. The third-order valence-electron chi connectivity index (χ3n) is 4.58. The Kier molecular flexibility index (Phi) is 5.78. The molecule has 0 heterocycles. The van der Waals surface area contributed by atoms with Crippen molar-refractivity contribution in [3.63, 3.8) is 0 Å². The summed E-state index contributed by atoms with van der Waals surface area (Å²) in [6.07, 6.45) is 0.0854. The summed E-state index contributed by atoms with van der Waals surface area (Å²) in [6.45, 7) is 12.9. The number of halogens is 1. The van der Waals surface area contributed by atoms with Crippen LogP contribution in [0.1, 0.15) is 47.0 Å². The van der Waals surface area contributed by atoms with E-state index in [-0.39, 0.29) is 29.5 Å². The largest absolute Gasteiger partial charge is 0.466 e. The fourth-order valence-corrected chi connectivity index (χ4v) is 3.63. The van der Waals surface area contributed by atoms with Crippen LogP contribution >= 0.6 is 0 Å². The topological polar surface area (TPSA) is 35.5 Å². The Labute approximate surface area is 123 Å². The van der Waals surface area contributed by atoms with E-state index in [2.05, 4.69) is 33.9 Å². The van der Waals surface area contributed by atoms with Crippen LogP contribution in [0.4, 0.5) is 4.39 Å². The molecule has 3 unspecified atom stereocenters. The van der Waals surface area contributed by atoms with Crippen LogP contribution in [0.15, 0.2) is 0 Å². The zero-order valence-electron chi connectivity index (χ0n) is 13.7. The van der Waals surface area contributed by atoms with Crippen molar-refractivity contribution >= 4 is 14.3 Å². The van der Waals surface area contributed by atoms with Crippen LogP contribution in [0.5, 0.6) is 0 Å². The molecule has 0 aromatic heterocycles. The molecule has 1 aliphatic rings. The van der Waals surface area contributed by atoms with Crippen molar-refractivity contribution < 1.29 is 18.3 Å². The van der Waals surface area contributed by atoms with Gasteiger partial charge >= 0.3 is 5.97 Å². The molecule has 1 saturated carbocycles. The van der Waals surface area contributed by atoms with Gasteiger partial charge in [0.05, 0.1) is 18.6 Å². The van der Waals surface area contributed by atoms with E-state index in [1.807, 2.05) is 0 Å². The molecule has 1 aliphatic carbocycles. The monoisotopic (exact) mass is 304 g/mol. The summed E-state index contributed by atoms with van der Waals surface area (Å²) < 4.78 is 25.4. The third-order valence-corrected chi connectivity index (χ3v) is 9.09. The predicted molar refractivity (Wildman–Crippen MR) is 80.9 cm³/mol. The molecule has 0 amide bonds. The van der Waals surface area contributed by atoms with E-state index in [1.54, 1.807) is 6.92 Å². The summed E-state index contributed by atoms with van der Waals surface area (Å²) in [4.78, 5) is 11.7. The molecular weight excluding hydrogens is 275 g/mol. The smallest absolute Gasteiger partial charge is 0.309 e. The molecule has 1 rings (SSSR count). The number of carbonyl (C=O) groups is 1. The highest BCUT2D eigenvalue weighted by Crippen LogP contribution is 2.40. The molecule has 3 atom stereocenters. The number of hydrogen-bond donors (Lipinski definition) is 0. The van der Waals surface area contributed by atoms with Gasteiger partial charge in [0.15, 0.2) is 8.32 Å². The Morgan fingerprint density at radius 1 is 1.30 bits per heavy atom. The first-order valence-corrected chi connectivity index (χ1v) is 10.5. The Balaban J connectivity index is 2.59. The predicted octanol–water partition coefficient (Wildman–Crippen LogP) is 4.08. The van der Waals surface area contributed by atoms with E-state index < -0.39 is 14.5 Å². The lowest BCUT2D eigenvalue weighted by Crippen LogP contribution is -2.48. The van der Waals surface area contributed by atoms with Gasteiger partial charge in [-0.15, -0.1) is 0 Å². The Hall–Kier alpha value is -0.423. The summed E-state index contributed by atoms with van der Waals surface area (Å²) in [6, 6.07) is 0. The third kappa shape index (κ3) is 4.28. The van der Waals surface area contributed by atoms with Gasteiger partial charge in [0.1, 0.15) is 6.17 Å². The summed E-state index contributed by atoms with van der Waals surface area (Å²) in [7, 11) is -1.95. The molecule has 0 saturated heterocycles. The van der Waals surface area contributed by atoms with Crippen molar-refractivity contribution in [3.05, 3.63) is 0 Å². The quantitative estimate of drug-likeness (QED) is 0.580. The van der Waals surface area contributed by atoms with E-state index in [1.165, 1.54) is 0 Å². The van der Waals surface area contributed by atoms with Crippen molar-refractivity contribution in [1.29, 1.82) is 0 Å². The molecule has 5 heteroatoms. The van der Waals surface area contributed by atoms with E-state index in [0.29, 0.717) is 19.4 Å². The maximum Gasteiger partial charge on any atom is 0.309 e. The fourth-order valence-electron chi connectivity index (χ4n) is 2.25. The first-order chi connectivity index (χ1) is 9.08. The summed E-state index contributed by atoms with van der Waals surface area (Å²) in [5.74, 6) is -0.565. The second kappa shape index (κ2) is 6.56. The Bertz CT molecular complexity index is 339. The molecule has 118 valence electrons. The minimum absolute atomic E-state index is 0.0741. The average molecular weight is 304 g/mol. The standard InChI is InChI=1S/C15H29FO3Si/c1-7-18-14(17)11-8-9-13(12(16)10-11)19-20(5,6)15(2,3)4/h11-13H,7-10H2,1-6H3. The maximum absolute atomic E-state index is 14.3. The first-order valence-electron chi connectivity index (χ1n) is 7.57. The maximum atomic E-state index is 14.3. The molecule has 1 fully saturated rings. The number of ether oxygens (including phenoxy) is 1. The molecule has 0 bridgehead atoms. The van der Waals surface area contributed by atoms with Gasteiger partial charge in [-0.2, -0.15) is 0 Å². The van der Waals surface area contributed by atoms with E-state index in [4.69, 9.17) is 9.16 Å². The van der Waals surface area contributed by atoms with Crippen LogP contribution in [0.2, 0.25) is 18.1 Å². The summed E-state index contributed by atoms with van der Waals surface area (Å²) >= 11 is 0. The van der Waals surface area contributed by atoms with Crippen molar-refractivity contribution in [3.8, 4) is 0 Å². The Morgan fingerprint density at radius 2 is 1.90 bits per heavy atom. The van der Waals surface area contributed by atoms with Gasteiger partial charge in [-0.3, -0.25) is 4.79 Å². The second-order valence-corrected chi connectivity index (χ2v) is 12.0. The highest BCUT2D eigenvalue weighted by atomic mass is 28.4. The first kappa shape index (κ1) is 17.6. The summed E-state index contributed by atoms with van der Waals surface area (Å²) in [5.41, 5.74) is 0. The van der Waals surface area contributed by atoms with E-state index >= 15 is 0 Å². The molecular formula is C15H29FO3Si. The number of rotatable bonds is 4. The van der Waals surface area contributed by atoms with Crippen molar-refractivity contribution in [2.24, 2.45) is 5.92 Å². The average Bonchev–Trinajstić information content (AvgIpc) is 2.30. The van der Waals surface area contributed by atoms with Gasteiger partial charge in [-0.05, 0) is 44.3 Å². The Morgan fingerprint density at radius 3 is 2.35 bits per heavy atom. The number of carbonyl (C=O) groups excluding carboxylic acids is 1. The minimum Gasteiger partial charge on any atom is -0.466 e. The highest BCUT2D eigenvalue weighted by molar-refractivity contribution is 6.74.